The number of benzene rings is 2. The number of anilines is 1. The molecule has 5 rings (SSSR count). The van der Waals surface area contributed by atoms with Gasteiger partial charge in [-0.25, -0.2) is 13.4 Å². The Labute approximate surface area is 202 Å². The molecule has 176 valence electrons. The average molecular weight is 496 g/mol. The Morgan fingerprint density at radius 2 is 1.82 bits per heavy atom. The second kappa shape index (κ2) is 8.30. The number of carbonyl (C=O) groups is 1. The molecule has 0 unspecified atom stereocenters. The van der Waals surface area contributed by atoms with Crippen LogP contribution in [0.15, 0.2) is 47.4 Å². The van der Waals surface area contributed by atoms with Crippen molar-refractivity contribution in [3.8, 4) is 5.13 Å². The monoisotopic (exact) mass is 495 g/mol. The van der Waals surface area contributed by atoms with Gasteiger partial charge in [-0.05, 0) is 75.1 Å². The van der Waals surface area contributed by atoms with E-state index in [0.717, 1.165) is 34.3 Å². The Balaban J connectivity index is 1.40. The zero-order chi connectivity index (χ0) is 24.2. The van der Waals surface area contributed by atoms with Crippen molar-refractivity contribution in [2.24, 2.45) is 0 Å². The molecular formula is C24H25N5O3S2. The van der Waals surface area contributed by atoms with Gasteiger partial charge in [0.05, 0.1) is 20.8 Å². The lowest BCUT2D eigenvalue weighted by Gasteiger charge is -2.16. The minimum atomic E-state index is -3.56. The lowest BCUT2D eigenvalue weighted by atomic mass is 10.1. The van der Waals surface area contributed by atoms with Crippen molar-refractivity contribution in [2.75, 3.05) is 12.4 Å². The van der Waals surface area contributed by atoms with Crippen LogP contribution in [0.5, 0.6) is 0 Å². The summed E-state index contributed by atoms with van der Waals surface area (Å²) in [5, 5.41) is 8.09. The first-order valence-electron chi connectivity index (χ1n) is 11.0. The van der Waals surface area contributed by atoms with Crippen molar-refractivity contribution >= 4 is 43.3 Å². The molecule has 8 nitrogen and oxygen atoms in total. The summed E-state index contributed by atoms with van der Waals surface area (Å²) < 4.78 is 29.5. The summed E-state index contributed by atoms with van der Waals surface area (Å²) in [5.41, 5.74) is 4.28. The molecule has 0 aliphatic heterocycles. The number of nitrogens with one attached hydrogen (secondary N) is 1. The molecule has 34 heavy (non-hydrogen) atoms. The number of sulfonamides is 1. The molecule has 10 heteroatoms. The van der Waals surface area contributed by atoms with Crippen LogP contribution in [0.25, 0.3) is 15.3 Å². The Morgan fingerprint density at radius 1 is 1.12 bits per heavy atom. The van der Waals surface area contributed by atoms with E-state index in [0.29, 0.717) is 16.5 Å². The summed E-state index contributed by atoms with van der Waals surface area (Å²) in [5.74, 6) is 0.148. The molecule has 0 bridgehead atoms. The summed E-state index contributed by atoms with van der Waals surface area (Å²) in [6, 6.07) is 12.1. The number of hydrogen-bond acceptors (Lipinski definition) is 6. The summed E-state index contributed by atoms with van der Waals surface area (Å²) in [6.07, 6.45) is 1.77. The van der Waals surface area contributed by atoms with Crippen LogP contribution in [0.4, 0.5) is 5.82 Å². The molecule has 0 spiro atoms. The third-order valence-corrected chi connectivity index (χ3v) is 8.83. The highest BCUT2D eigenvalue weighted by Gasteiger charge is 2.35. The molecule has 1 N–H and O–H groups in total. The fourth-order valence-electron chi connectivity index (χ4n) is 3.95. The van der Waals surface area contributed by atoms with E-state index in [1.165, 1.54) is 45.5 Å². The molecule has 2 heterocycles. The normalized spacial score (nSPS) is 14.1. The average Bonchev–Trinajstić information content (AvgIpc) is 3.45. The number of aryl methyl sites for hydroxylation is 3. The first kappa shape index (κ1) is 22.7. The zero-order valence-corrected chi connectivity index (χ0v) is 21.0. The predicted molar refractivity (Wildman–Crippen MR) is 133 cm³/mol. The number of rotatable bonds is 6. The topological polar surface area (TPSA) is 97.2 Å². The Bertz CT molecular complexity index is 1520. The smallest absolute Gasteiger partial charge is 0.256 e. The van der Waals surface area contributed by atoms with Crippen LogP contribution >= 0.6 is 11.3 Å². The molecule has 1 aliphatic carbocycles. The van der Waals surface area contributed by atoms with Gasteiger partial charge in [-0.2, -0.15) is 14.1 Å². The fourth-order valence-corrected chi connectivity index (χ4v) is 6.47. The Morgan fingerprint density at radius 3 is 2.50 bits per heavy atom. The van der Waals surface area contributed by atoms with E-state index in [1.807, 2.05) is 13.8 Å². The summed E-state index contributed by atoms with van der Waals surface area (Å²) >= 11 is 1.51. The third kappa shape index (κ3) is 4.13. The van der Waals surface area contributed by atoms with Gasteiger partial charge in [-0.3, -0.25) is 4.79 Å². The van der Waals surface area contributed by atoms with Crippen LogP contribution in [0.2, 0.25) is 0 Å². The molecule has 1 saturated carbocycles. The molecule has 1 amide bonds. The maximum absolute atomic E-state index is 13.0. The van der Waals surface area contributed by atoms with Crippen LogP contribution in [-0.4, -0.2) is 46.5 Å². The van der Waals surface area contributed by atoms with E-state index in [1.54, 1.807) is 17.8 Å². The lowest BCUT2D eigenvalue weighted by Crippen LogP contribution is -2.29. The molecular weight excluding hydrogens is 470 g/mol. The first-order chi connectivity index (χ1) is 16.1. The van der Waals surface area contributed by atoms with Gasteiger partial charge in [-0.1, -0.05) is 17.4 Å². The zero-order valence-electron chi connectivity index (χ0n) is 19.4. The summed E-state index contributed by atoms with van der Waals surface area (Å²) in [6.45, 7) is 5.93. The highest BCUT2D eigenvalue weighted by molar-refractivity contribution is 7.89. The van der Waals surface area contributed by atoms with E-state index >= 15 is 0 Å². The van der Waals surface area contributed by atoms with Crippen molar-refractivity contribution < 1.29 is 13.2 Å². The molecule has 0 saturated heterocycles. The maximum atomic E-state index is 13.0. The van der Waals surface area contributed by atoms with E-state index in [9.17, 15) is 13.2 Å². The van der Waals surface area contributed by atoms with Crippen LogP contribution in [0, 0.1) is 20.8 Å². The largest absolute Gasteiger partial charge is 0.306 e. The molecule has 1 fully saturated rings. The van der Waals surface area contributed by atoms with Crippen molar-refractivity contribution in [2.45, 2.75) is 44.6 Å². The SMILES string of the molecule is Cc1cc(C)c2nc(-n3nc(C)cc3NC(=O)c3ccc(S(=O)(=O)N(C)C4CC4)cc3)sc2c1. The second-order valence-corrected chi connectivity index (χ2v) is 11.7. The standard InChI is InChI=1S/C24H25N5O3S2/c1-14-11-15(2)22-20(12-14)33-24(26-22)29-21(13-16(3)27-29)25-23(30)17-5-9-19(10-6-17)34(31,32)28(4)18-7-8-18/h5-6,9-13,18H,7-8H2,1-4H3,(H,25,30). The van der Waals surface area contributed by atoms with Crippen molar-refractivity contribution in [3.63, 3.8) is 0 Å². The van der Waals surface area contributed by atoms with Gasteiger partial charge >= 0.3 is 0 Å². The van der Waals surface area contributed by atoms with Crippen LogP contribution in [0.3, 0.4) is 0 Å². The van der Waals surface area contributed by atoms with Crippen molar-refractivity contribution in [3.05, 3.63) is 64.8 Å². The van der Waals surface area contributed by atoms with Crippen LogP contribution in [0.1, 0.15) is 40.0 Å². The molecule has 2 aromatic carbocycles. The summed E-state index contributed by atoms with van der Waals surface area (Å²) in [4.78, 5) is 17.9. The second-order valence-electron chi connectivity index (χ2n) is 8.74. The number of hydrogen-bond donors (Lipinski definition) is 1. The highest BCUT2D eigenvalue weighted by Crippen LogP contribution is 2.31. The van der Waals surface area contributed by atoms with Gasteiger partial charge in [0.15, 0.2) is 0 Å². The molecule has 2 aromatic heterocycles. The van der Waals surface area contributed by atoms with Gasteiger partial charge in [0.25, 0.3) is 5.91 Å². The number of aromatic nitrogens is 3. The summed E-state index contributed by atoms with van der Waals surface area (Å²) in [7, 11) is -1.96. The van der Waals surface area contributed by atoms with E-state index in [2.05, 4.69) is 29.5 Å². The molecule has 0 radical (unpaired) electrons. The third-order valence-electron chi connectivity index (χ3n) is 5.93. The highest BCUT2D eigenvalue weighted by atomic mass is 32.2. The molecule has 1 aliphatic rings. The maximum Gasteiger partial charge on any atom is 0.256 e. The van der Waals surface area contributed by atoms with Crippen LogP contribution < -0.4 is 5.32 Å². The van der Waals surface area contributed by atoms with Gasteiger partial charge in [0, 0.05) is 24.7 Å². The number of amides is 1. The van der Waals surface area contributed by atoms with Gasteiger partial charge in [0.2, 0.25) is 15.2 Å². The Hall–Kier alpha value is -3.08. The van der Waals surface area contributed by atoms with Crippen LogP contribution in [-0.2, 0) is 10.0 Å². The predicted octanol–water partition coefficient (Wildman–Crippen LogP) is 4.44. The van der Waals surface area contributed by atoms with E-state index in [4.69, 9.17) is 4.98 Å². The van der Waals surface area contributed by atoms with Gasteiger partial charge < -0.3 is 5.32 Å². The number of carbonyl (C=O) groups excluding carboxylic acids is 1. The number of fused-ring (bicyclic) bond motifs is 1. The van der Waals surface area contributed by atoms with Crippen molar-refractivity contribution in [1.82, 2.24) is 19.1 Å². The van der Waals surface area contributed by atoms with Crippen molar-refractivity contribution in [1.29, 1.82) is 0 Å². The quantitative estimate of drug-likeness (QED) is 0.426. The first-order valence-corrected chi connectivity index (χ1v) is 13.2. The lowest BCUT2D eigenvalue weighted by molar-refractivity contribution is 0.102. The van der Waals surface area contributed by atoms with Gasteiger partial charge in [-0.15, -0.1) is 0 Å². The Kier molecular flexibility index (Phi) is 5.54. The van der Waals surface area contributed by atoms with E-state index in [-0.39, 0.29) is 16.8 Å². The minimum Gasteiger partial charge on any atom is -0.306 e. The number of nitrogens with zero attached hydrogens (tertiary/aromatic N) is 4. The minimum absolute atomic E-state index is 0.0757. The molecule has 4 aromatic rings. The van der Waals surface area contributed by atoms with Gasteiger partial charge in [0.1, 0.15) is 5.82 Å². The number of thiazole rings is 1. The van der Waals surface area contributed by atoms with E-state index < -0.39 is 10.0 Å². The molecule has 0 atom stereocenters. The fraction of sp³-hybridized carbons (Fsp3) is 0.292.